The lowest BCUT2D eigenvalue weighted by Crippen LogP contribution is -2.32. The fraction of sp³-hybridized carbons (Fsp3) is 0.400. The number of pyridine rings is 1. The van der Waals surface area contributed by atoms with E-state index in [9.17, 15) is 9.59 Å². The van der Waals surface area contributed by atoms with E-state index in [0.29, 0.717) is 6.42 Å². The summed E-state index contributed by atoms with van der Waals surface area (Å²) in [5, 5.41) is 0. The van der Waals surface area contributed by atoms with Gasteiger partial charge in [-0.2, -0.15) is 0 Å². The fourth-order valence-electron chi connectivity index (χ4n) is 1.80. The summed E-state index contributed by atoms with van der Waals surface area (Å²) in [5.41, 5.74) is -0.0564. The van der Waals surface area contributed by atoms with Crippen LogP contribution in [0.1, 0.15) is 19.0 Å². The molecule has 0 unspecified atom stereocenters. The Kier molecular flexibility index (Phi) is 2.11. The molecule has 1 aliphatic heterocycles. The Morgan fingerprint density at radius 1 is 1.36 bits per heavy atom. The fourth-order valence-corrected chi connectivity index (χ4v) is 1.80. The van der Waals surface area contributed by atoms with Gasteiger partial charge < -0.3 is 4.90 Å². The Labute approximate surface area is 81.8 Å². The van der Waals surface area contributed by atoms with Crippen LogP contribution in [-0.4, -0.2) is 22.4 Å². The molecule has 0 radical (unpaired) electrons. The second-order valence-electron chi connectivity index (χ2n) is 3.47. The second kappa shape index (κ2) is 3.29. The lowest BCUT2D eigenvalue weighted by molar-refractivity contribution is -0.128. The highest BCUT2D eigenvalue weighted by Gasteiger charge is 2.28. The molecule has 4 heteroatoms. The Morgan fingerprint density at radius 3 is 2.71 bits per heavy atom. The molecule has 0 spiro atoms. The normalized spacial score (nSPS) is 21.6. The van der Waals surface area contributed by atoms with Gasteiger partial charge in [0.1, 0.15) is 6.17 Å². The maximum Gasteiger partial charge on any atom is 0.252 e. The number of hydrogen-bond acceptors (Lipinski definition) is 2. The average molecular weight is 192 g/mol. The van der Waals surface area contributed by atoms with Crippen LogP contribution < -0.4 is 5.56 Å². The molecular weight excluding hydrogens is 180 g/mol. The highest BCUT2D eigenvalue weighted by atomic mass is 16.2. The maximum atomic E-state index is 11.5. The number of hydrogen-bond donors (Lipinski definition) is 0. The van der Waals surface area contributed by atoms with Gasteiger partial charge in [0.2, 0.25) is 5.91 Å². The first kappa shape index (κ1) is 8.99. The predicted molar refractivity (Wildman–Crippen MR) is 51.7 cm³/mol. The lowest BCUT2D eigenvalue weighted by Gasteiger charge is -2.21. The van der Waals surface area contributed by atoms with Crippen LogP contribution in [-0.2, 0) is 4.79 Å². The van der Waals surface area contributed by atoms with E-state index >= 15 is 0 Å². The molecule has 2 rings (SSSR count). The van der Waals surface area contributed by atoms with E-state index in [0.717, 1.165) is 6.42 Å². The summed E-state index contributed by atoms with van der Waals surface area (Å²) in [5.74, 6) is 0.103. The maximum absolute atomic E-state index is 11.5. The largest absolute Gasteiger partial charge is 0.325 e. The van der Waals surface area contributed by atoms with Crippen molar-refractivity contribution in [1.82, 2.24) is 9.47 Å². The first-order chi connectivity index (χ1) is 6.70. The monoisotopic (exact) mass is 192 g/mol. The van der Waals surface area contributed by atoms with E-state index in [1.165, 1.54) is 6.07 Å². The number of carbonyl (C=O) groups excluding carboxylic acids is 1. The number of likely N-dealkylation sites (tertiary alicyclic amines) is 1. The number of amides is 1. The first-order valence-corrected chi connectivity index (χ1v) is 4.63. The minimum absolute atomic E-state index is 0.0564. The Bertz CT molecular complexity index is 411. The molecule has 0 saturated carbocycles. The quantitative estimate of drug-likeness (QED) is 0.653. The Morgan fingerprint density at radius 2 is 2.14 bits per heavy atom. The van der Waals surface area contributed by atoms with Crippen molar-refractivity contribution < 1.29 is 4.79 Å². The van der Waals surface area contributed by atoms with Crippen LogP contribution in [0.25, 0.3) is 0 Å². The van der Waals surface area contributed by atoms with Crippen molar-refractivity contribution in [2.45, 2.75) is 19.0 Å². The van der Waals surface area contributed by atoms with Gasteiger partial charge in [-0.05, 0) is 12.5 Å². The minimum Gasteiger partial charge on any atom is -0.325 e. The van der Waals surface area contributed by atoms with Gasteiger partial charge >= 0.3 is 0 Å². The molecule has 2 heterocycles. The summed E-state index contributed by atoms with van der Waals surface area (Å²) in [6.07, 6.45) is 2.88. The van der Waals surface area contributed by atoms with Gasteiger partial charge in [-0.25, -0.2) is 0 Å². The Balaban J connectivity index is 2.37. The third kappa shape index (κ3) is 1.32. The van der Waals surface area contributed by atoms with Crippen molar-refractivity contribution in [2.75, 3.05) is 7.05 Å². The lowest BCUT2D eigenvalue weighted by atomic mass is 10.3. The molecule has 1 saturated heterocycles. The van der Waals surface area contributed by atoms with Crippen LogP contribution in [0.2, 0.25) is 0 Å². The van der Waals surface area contributed by atoms with Gasteiger partial charge in [-0.1, -0.05) is 6.07 Å². The summed E-state index contributed by atoms with van der Waals surface area (Å²) in [4.78, 5) is 24.4. The number of nitrogens with zero attached hydrogens (tertiary/aromatic N) is 2. The summed E-state index contributed by atoms with van der Waals surface area (Å²) < 4.78 is 1.60. The van der Waals surface area contributed by atoms with Crippen LogP contribution in [0.15, 0.2) is 29.2 Å². The third-order valence-electron chi connectivity index (χ3n) is 2.63. The molecule has 4 nitrogen and oxygen atoms in total. The zero-order chi connectivity index (χ0) is 10.1. The van der Waals surface area contributed by atoms with Gasteiger partial charge in [0.05, 0.1) is 0 Å². The minimum atomic E-state index is -0.101. The SMILES string of the molecule is CN1C(=O)CC[C@H]1n1ccccc1=O. The third-order valence-corrected chi connectivity index (χ3v) is 2.63. The smallest absolute Gasteiger partial charge is 0.252 e. The first-order valence-electron chi connectivity index (χ1n) is 4.63. The molecule has 1 aromatic heterocycles. The van der Waals surface area contributed by atoms with Crippen molar-refractivity contribution in [3.63, 3.8) is 0 Å². The zero-order valence-corrected chi connectivity index (χ0v) is 8.01. The van der Waals surface area contributed by atoms with E-state index < -0.39 is 0 Å². The van der Waals surface area contributed by atoms with Crippen LogP contribution in [0.4, 0.5) is 0 Å². The van der Waals surface area contributed by atoms with Gasteiger partial charge in [0.25, 0.3) is 5.56 Å². The summed E-state index contributed by atoms with van der Waals surface area (Å²) in [6.45, 7) is 0. The van der Waals surface area contributed by atoms with Crippen LogP contribution in [0.5, 0.6) is 0 Å². The van der Waals surface area contributed by atoms with Crippen molar-refractivity contribution in [1.29, 1.82) is 0 Å². The Hall–Kier alpha value is -1.58. The van der Waals surface area contributed by atoms with Crippen LogP contribution in [0, 0.1) is 0 Å². The van der Waals surface area contributed by atoms with Crippen LogP contribution >= 0.6 is 0 Å². The highest BCUT2D eigenvalue weighted by molar-refractivity contribution is 5.78. The second-order valence-corrected chi connectivity index (χ2v) is 3.47. The van der Waals surface area contributed by atoms with Gasteiger partial charge in [0, 0.05) is 25.7 Å². The summed E-state index contributed by atoms with van der Waals surface area (Å²) >= 11 is 0. The van der Waals surface area contributed by atoms with Crippen molar-refractivity contribution in [3.8, 4) is 0 Å². The molecule has 74 valence electrons. The summed E-state index contributed by atoms with van der Waals surface area (Å²) in [6, 6.07) is 5.02. The van der Waals surface area contributed by atoms with Gasteiger partial charge in [0.15, 0.2) is 0 Å². The number of carbonyl (C=O) groups is 1. The molecular formula is C10H12N2O2. The van der Waals surface area contributed by atoms with Crippen molar-refractivity contribution in [3.05, 3.63) is 34.7 Å². The molecule has 1 amide bonds. The molecule has 0 aliphatic carbocycles. The van der Waals surface area contributed by atoms with E-state index in [4.69, 9.17) is 0 Å². The topological polar surface area (TPSA) is 42.3 Å². The zero-order valence-electron chi connectivity index (χ0n) is 8.01. The standard InChI is InChI=1S/C10H12N2O2/c1-11-8(5-6-9(11)13)12-7-3-2-4-10(12)14/h2-4,7-8H,5-6H2,1H3/t8-/m1/s1. The molecule has 0 N–H and O–H groups in total. The van der Waals surface area contributed by atoms with Crippen molar-refractivity contribution >= 4 is 5.91 Å². The number of rotatable bonds is 1. The van der Waals surface area contributed by atoms with Gasteiger partial charge in [-0.15, -0.1) is 0 Å². The summed E-state index contributed by atoms with van der Waals surface area (Å²) in [7, 11) is 1.74. The predicted octanol–water partition coefficient (Wildman–Crippen LogP) is 0.599. The van der Waals surface area contributed by atoms with Crippen LogP contribution in [0.3, 0.4) is 0 Å². The molecule has 14 heavy (non-hydrogen) atoms. The molecule has 0 aromatic carbocycles. The van der Waals surface area contributed by atoms with Gasteiger partial charge in [-0.3, -0.25) is 14.2 Å². The van der Waals surface area contributed by atoms with Crippen molar-refractivity contribution in [2.24, 2.45) is 0 Å². The molecule has 0 bridgehead atoms. The average Bonchev–Trinajstić information content (AvgIpc) is 2.49. The van der Waals surface area contributed by atoms with E-state index in [1.807, 2.05) is 0 Å². The van der Waals surface area contributed by atoms with E-state index in [2.05, 4.69) is 0 Å². The number of aromatic nitrogens is 1. The van der Waals surface area contributed by atoms with E-state index in [1.54, 1.807) is 34.8 Å². The molecule has 1 aromatic rings. The highest BCUT2D eigenvalue weighted by Crippen LogP contribution is 2.24. The molecule has 1 atom stereocenters. The molecule has 1 aliphatic rings. The molecule has 1 fully saturated rings. The van der Waals surface area contributed by atoms with E-state index in [-0.39, 0.29) is 17.6 Å².